The van der Waals surface area contributed by atoms with Gasteiger partial charge in [-0.1, -0.05) is 6.07 Å². The number of hydrogen-bond acceptors (Lipinski definition) is 6. The van der Waals surface area contributed by atoms with Crippen molar-refractivity contribution in [1.29, 1.82) is 0 Å². The zero-order valence-corrected chi connectivity index (χ0v) is 12.9. The van der Waals surface area contributed by atoms with Crippen molar-refractivity contribution in [3.8, 4) is 0 Å². The summed E-state index contributed by atoms with van der Waals surface area (Å²) >= 11 is 0. The Morgan fingerprint density at radius 2 is 2.18 bits per heavy atom. The van der Waals surface area contributed by atoms with E-state index >= 15 is 0 Å². The Morgan fingerprint density at radius 1 is 1.36 bits per heavy atom. The quantitative estimate of drug-likeness (QED) is 0.807. The van der Waals surface area contributed by atoms with Crippen molar-refractivity contribution in [3.63, 3.8) is 0 Å². The first-order valence-corrected chi connectivity index (χ1v) is 8.77. The molecular weight excluding hydrogens is 304 g/mol. The van der Waals surface area contributed by atoms with Crippen molar-refractivity contribution in [2.45, 2.75) is 24.7 Å². The average molecular weight is 320 g/mol. The van der Waals surface area contributed by atoms with Crippen LogP contribution in [0, 0.1) is 0 Å². The van der Waals surface area contributed by atoms with E-state index in [0.717, 1.165) is 11.9 Å². The molecule has 2 aromatic rings. The number of hydrogen-bond donors (Lipinski definition) is 1. The molecule has 3 heterocycles. The molecule has 116 valence electrons. The second kappa shape index (κ2) is 5.62. The Morgan fingerprint density at radius 3 is 2.86 bits per heavy atom. The van der Waals surface area contributed by atoms with Crippen LogP contribution < -0.4 is 5.56 Å². The average Bonchev–Trinajstić information content (AvgIpc) is 2.48. The molecule has 0 bridgehead atoms. The van der Waals surface area contributed by atoms with Crippen LogP contribution in [0.1, 0.15) is 17.0 Å². The van der Waals surface area contributed by atoms with Crippen molar-refractivity contribution in [2.24, 2.45) is 0 Å². The molecule has 0 unspecified atom stereocenters. The van der Waals surface area contributed by atoms with Crippen molar-refractivity contribution < 1.29 is 8.42 Å². The number of nitrogens with one attached hydrogen (secondary N) is 1. The van der Waals surface area contributed by atoms with Gasteiger partial charge in [-0.15, -0.1) is 0 Å². The van der Waals surface area contributed by atoms with E-state index in [4.69, 9.17) is 0 Å². The van der Waals surface area contributed by atoms with E-state index in [1.807, 2.05) is 18.2 Å². The van der Waals surface area contributed by atoms with Crippen molar-refractivity contribution in [3.05, 3.63) is 51.7 Å². The maximum Gasteiger partial charge on any atom is 0.256 e. The van der Waals surface area contributed by atoms with Gasteiger partial charge in [-0.3, -0.25) is 19.7 Å². The Hall–Kier alpha value is -2.06. The fourth-order valence-corrected chi connectivity index (χ4v) is 3.04. The van der Waals surface area contributed by atoms with E-state index < -0.39 is 9.84 Å². The summed E-state index contributed by atoms with van der Waals surface area (Å²) in [6, 6.07) is 5.72. The fraction of sp³-hybridized carbons (Fsp3) is 0.357. The molecule has 3 rings (SSSR count). The molecule has 0 radical (unpaired) electrons. The largest absolute Gasteiger partial charge is 0.297 e. The van der Waals surface area contributed by atoms with E-state index in [1.54, 1.807) is 6.20 Å². The lowest BCUT2D eigenvalue weighted by molar-refractivity contribution is 0.238. The summed E-state index contributed by atoms with van der Waals surface area (Å²) in [6.07, 6.45) is 3.32. The third-order valence-corrected chi connectivity index (χ3v) is 4.48. The predicted molar refractivity (Wildman–Crippen MR) is 80.0 cm³/mol. The summed E-state index contributed by atoms with van der Waals surface area (Å²) in [5, 5.41) is -0.255. The molecule has 1 N–H and O–H groups in total. The highest BCUT2D eigenvalue weighted by molar-refractivity contribution is 7.90. The van der Waals surface area contributed by atoms with Crippen LogP contribution in [0.25, 0.3) is 0 Å². The molecule has 1 aliphatic rings. The molecule has 22 heavy (non-hydrogen) atoms. The summed E-state index contributed by atoms with van der Waals surface area (Å²) in [4.78, 5) is 25.0. The van der Waals surface area contributed by atoms with Crippen molar-refractivity contribution in [2.75, 3.05) is 12.8 Å². The molecule has 7 nitrogen and oxygen atoms in total. The van der Waals surface area contributed by atoms with Gasteiger partial charge in [0.05, 0.1) is 17.0 Å². The van der Waals surface area contributed by atoms with Crippen LogP contribution >= 0.6 is 0 Å². The summed E-state index contributed by atoms with van der Waals surface area (Å²) in [7, 11) is -3.51. The molecular formula is C14H16N4O3S. The van der Waals surface area contributed by atoms with E-state index in [9.17, 15) is 13.2 Å². The van der Waals surface area contributed by atoms with Gasteiger partial charge >= 0.3 is 0 Å². The lowest BCUT2D eigenvalue weighted by Crippen LogP contribution is -2.36. The lowest BCUT2D eigenvalue weighted by atomic mass is 10.1. The van der Waals surface area contributed by atoms with E-state index in [1.165, 1.54) is 0 Å². The Labute approximate surface area is 128 Å². The molecule has 0 saturated carbocycles. The Balaban J connectivity index is 1.86. The van der Waals surface area contributed by atoms with Crippen LogP contribution in [0.4, 0.5) is 0 Å². The number of nitrogens with zero attached hydrogens (tertiary/aromatic N) is 3. The van der Waals surface area contributed by atoms with Crippen LogP contribution in [0.15, 0.2) is 34.3 Å². The number of H-pyrrole nitrogens is 1. The molecule has 0 spiro atoms. The monoisotopic (exact) mass is 320 g/mol. The van der Waals surface area contributed by atoms with Gasteiger partial charge in [0.2, 0.25) is 15.0 Å². The van der Waals surface area contributed by atoms with Crippen LogP contribution in [-0.4, -0.2) is 41.1 Å². The minimum atomic E-state index is -3.51. The van der Waals surface area contributed by atoms with Gasteiger partial charge in [0.15, 0.2) is 0 Å². The Bertz CT molecular complexity index is 846. The highest BCUT2D eigenvalue weighted by atomic mass is 32.2. The SMILES string of the molecule is CS(=O)(=O)c1nc2c(c(=O)[nH]1)CN(Cc1ccccn1)CC2. The number of aromatic amines is 1. The number of rotatable bonds is 3. The molecule has 1 aliphatic heterocycles. The topological polar surface area (TPSA) is 96.0 Å². The number of aromatic nitrogens is 3. The highest BCUT2D eigenvalue weighted by Gasteiger charge is 2.23. The summed E-state index contributed by atoms with van der Waals surface area (Å²) in [5.41, 5.74) is 1.66. The summed E-state index contributed by atoms with van der Waals surface area (Å²) < 4.78 is 23.1. The van der Waals surface area contributed by atoms with Gasteiger partial charge in [-0.25, -0.2) is 13.4 Å². The number of fused-ring (bicyclic) bond motifs is 1. The number of sulfone groups is 1. The molecule has 0 fully saturated rings. The van der Waals surface area contributed by atoms with Gasteiger partial charge < -0.3 is 0 Å². The predicted octanol–water partition coefficient (Wildman–Crippen LogP) is 0.127. The zero-order chi connectivity index (χ0) is 15.7. The third kappa shape index (κ3) is 3.07. The third-order valence-electron chi connectivity index (χ3n) is 3.59. The standard InChI is InChI=1S/C14H16N4O3S/c1-22(20,21)14-16-12-5-7-18(9-11(12)13(19)17-14)8-10-4-2-3-6-15-10/h2-4,6H,5,7-9H2,1H3,(H,16,17,19). The molecule has 2 aromatic heterocycles. The minimum absolute atomic E-state index is 0.255. The van der Waals surface area contributed by atoms with Gasteiger partial charge in [0.1, 0.15) is 0 Å². The van der Waals surface area contributed by atoms with Gasteiger partial charge in [0.25, 0.3) is 5.56 Å². The normalized spacial score (nSPS) is 15.5. The van der Waals surface area contributed by atoms with Crippen molar-refractivity contribution >= 4 is 9.84 Å². The second-order valence-electron chi connectivity index (χ2n) is 5.35. The second-order valence-corrected chi connectivity index (χ2v) is 7.28. The fourth-order valence-electron chi connectivity index (χ4n) is 2.49. The van der Waals surface area contributed by atoms with Crippen LogP contribution in [0.5, 0.6) is 0 Å². The highest BCUT2D eigenvalue weighted by Crippen LogP contribution is 2.16. The summed E-state index contributed by atoms with van der Waals surface area (Å²) in [6.45, 7) is 1.80. The zero-order valence-electron chi connectivity index (χ0n) is 12.1. The van der Waals surface area contributed by atoms with E-state index in [-0.39, 0.29) is 10.7 Å². The van der Waals surface area contributed by atoms with Gasteiger partial charge in [-0.2, -0.15) is 0 Å². The van der Waals surface area contributed by atoms with Crippen LogP contribution in [0.2, 0.25) is 0 Å². The van der Waals surface area contributed by atoms with Gasteiger partial charge in [0, 0.05) is 38.5 Å². The van der Waals surface area contributed by atoms with Crippen LogP contribution in [-0.2, 0) is 29.3 Å². The minimum Gasteiger partial charge on any atom is -0.297 e. The van der Waals surface area contributed by atoms with E-state index in [0.29, 0.717) is 37.3 Å². The lowest BCUT2D eigenvalue weighted by Gasteiger charge is -2.27. The van der Waals surface area contributed by atoms with E-state index in [2.05, 4.69) is 19.9 Å². The molecule has 0 aromatic carbocycles. The molecule has 0 saturated heterocycles. The van der Waals surface area contributed by atoms with Crippen molar-refractivity contribution in [1.82, 2.24) is 19.9 Å². The first kappa shape index (κ1) is 14.9. The maximum absolute atomic E-state index is 12.1. The van der Waals surface area contributed by atoms with Gasteiger partial charge in [-0.05, 0) is 12.1 Å². The molecule has 0 amide bonds. The molecule has 0 atom stereocenters. The summed E-state index contributed by atoms with van der Waals surface area (Å²) in [5.74, 6) is 0. The first-order valence-electron chi connectivity index (χ1n) is 6.88. The smallest absolute Gasteiger partial charge is 0.256 e. The maximum atomic E-state index is 12.1. The molecule has 8 heteroatoms. The molecule has 0 aliphatic carbocycles. The first-order chi connectivity index (χ1) is 10.4. The Kier molecular flexibility index (Phi) is 3.79. The van der Waals surface area contributed by atoms with Crippen LogP contribution in [0.3, 0.4) is 0 Å². The number of pyridine rings is 1.